The van der Waals surface area contributed by atoms with E-state index in [0.717, 1.165) is 31.2 Å². The van der Waals surface area contributed by atoms with E-state index in [9.17, 15) is 9.00 Å². The maximum atomic E-state index is 12.6. The SMILES string of the molecule is CC(C)c1ccc(C(=O)C2CC3CCC(C2)S3=O)cc1. The molecular formula is C17H22O2S. The third-order valence-corrected chi connectivity index (χ3v) is 6.97. The Bertz CT molecular complexity index is 516. The number of hydrogen-bond donors (Lipinski definition) is 0. The Labute approximate surface area is 123 Å². The van der Waals surface area contributed by atoms with Gasteiger partial charge in [-0.2, -0.15) is 0 Å². The average Bonchev–Trinajstić information content (AvgIpc) is 2.68. The van der Waals surface area contributed by atoms with Crippen LogP contribution in [0.5, 0.6) is 0 Å². The summed E-state index contributed by atoms with van der Waals surface area (Å²) >= 11 is 0. The monoisotopic (exact) mass is 290 g/mol. The van der Waals surface area contributed by atoms with Gasteiger partial charge >= 0.3 is 0 Å². The number of Topliss-reactive ketones (excluding diaryl/α,β-unsaturated/α-hetero) is 1. The van der Waals surface area contributed by atoms with E-state index in [-0.39, 0.29) is 22.2 Å². The van der Waals surface area contributed by atoms with Gasteiger partial charge in [-0.05, 0) is 37.2 Å². The van der Waals surface area contributed by atoms with E-state index in [1.54, 1.807) is 0 Å². The summed E-state index contributed by atoms with van der Waals surface area (Å²) < 4.78 is 12.0. The maximum Gasteiger partial charge on any atom is 0.166 e. The number of hydrogen-bond acceptors (Lipinski definition) is 2. The van der Waals surface area contributed by atoms with Gasteiger partial charge in [0, 0.05) is 32.8 Å². The summed E-state index contributed by atoms with van der Waals surface area (Å²) in [5.74, 6) is 0.844. The first kappa shape index (κ1) is 14.0. The van der Waals surface area contributed by atoms with Gasteiger partial charge in [-0.3, -0.25) is 9.00 Å². The van der Waals surface area contributed by atoms with Crippen LogP contribution in [0.25, 0.3) is 0 Å². The smallest absolute Gasteiger partial charge is 0.166 e. The molecule has 0 N–H and O–H groups in total. The molecule has 2 saturated heterocycles. The summed E-state index contributed by atoms with van der Waals surface area (Å²) in [6.45, 7) is 4.32. The number of benzene rings is 1. The van der Waals surface area contributed by atoms with Crippen LogP contribution in [0.4, 0.5) is 0 Å². The van der Waals surface area contributed by atoms with Crippen molar-refractivity contribution < 1.29 is 9.00 Å². The second-order valence-corrected chi connectivity index (χ2v) is 8.45. The Kier molecular flexibility index (Phi) is 3.80. The summed E-state index contributed by atoms with van der Waals surface area (Å²) in [5, 5.41) is 0.551. The minimum atomic E-state index is -0.674. The van der Waals surface area contributed by atoms with Crippen LogP contribution in [0.1, 0.15) is 61.4 Å². The van der Waals surface area contributed by atoms with Crippen LogP contribution >= 0.6 is 0 Å². The molecule has 2 atom stereocenters. The van der Waals surface area contributed by atoms with Crippen molar-refractivity contribution in [1.82, 2.24) is 0 Å². The van der Waals surface area contributed by atoms with Gasteiger partial charge in [-0.15, -0.1) is 0 Å². The zero-order valence-corrected chi connectivity index (χ0v) is 13.0. The topological polar surface area (TPSA) is 34.1 Å². The second kappa shape index (κ2) is 5.44. The van der Waals surface area contributed by atoms with E-state index >= 15 is 0 Å². The number of rotatable bonds is 3. The molecule has 3 heteroatoms. The van der Waals surface area contributed by atoms with Gasteiger partial charge in [0.1, 0.15) is 0 Å². The van der Waals surface area contributed by atoms with Gasteiger partial charge in [0.15, 0.2) is 5.78 Å². The largest absolute Gasteiger partial charge is 0.294 e. The molecule has 2 fully saturated rings. The number of carbonyl (C=O) groups excluding carboxylic acids is 1. The molecule has 1 aromatic carbocycles. The first-order valence-corrected chi connectivity index (χ1v) is 8.87. The van der Waals surface area contributed by atoms with Crippen molar-refractivity contribution in [3.63, 3.8) is 0 Å². The van der Waals surface area contributed by atoms with E-state index in [4.69, 9.17) is 0 Å². The maximum absolute atomic E-state index is 12.6. The van der Waals surface area contributed by atoms with Crippen LogP contribution in [-0.2, 0) is 10.8 Å². The molecule has 2 aliphatic rings. The zero-order chi connectivity index (χ0) is 14.3. The minimum absolute atomic E-state index is 0.0927. The normalized spacial score (nSPS) is 32.5. The lowest BCUT2D eigenvalue weighted by molar-refractivity contribution is 0.0906. The van der Waals surface area contributed by atoms with E-state index in [1.165, 1.54) is 5.56 Å². The van der Waals surface area contributed by atoms with Gasteiger partial charge in [0.2, 0.25) is 0 Å². The summed E-state index contributed by atoms with van der Waals surface area (Å²) in [7, 11) is -0.674. The van der Waals surface area contributed by atoms with Gasteiger partial charge < -0.3 is 0 Å². The van der Waals surface area contributed by atoms with Gasteiger partial charge in [-0.25, -0.2) is 0 Å². The average molecular weight is 290 g/mol. The van der Waals surface area contributed by atoms with E-state index in [1.807, 2.05) is 12.1 Å². The summed E-state index contributed by atoms with van der Waals surface area (Å²) in [6.07, 6.45) is 3.75. The highest BCUT2D eigenvalue weighted by atomic mass is 32.2. The number of carbonyl (C=O) groups is 1. The quantitative estimate of drug-likeness (QED) is 0.796. The van der Waals surface area contributed by atoms with Crippen LogP contribution in [-0.4, -0.2) is 20.5 Å². The van der Waals surface area contributed by atoms with Crippen molar-refractivity contribution in [2.24, 2.45) is 5.92 Å². The molecule has 20 heavy (non-hydrogen) atoms. The molecule has 1 aromatic rings. The first-order chi connectivity index (χ1) is 9.56. The first-order valence-electron chi connectivity index (χ1n) is 7.60. The Morgan fingerprint density at radius 3 is 2.15 bits per heavy atom. The van der Waals surface area contributed by atoms with Crippen LogP contribution in [0.3, 0.4) is 0 Å². The lowest BCUT2D eigenvalue weighted by Gasteiger charge is -2.26. The third-order valence-electron chi connectivity index (χ3n) is 4.80. The van der Waals surface area contributed by atoms with Crippen molar-refractivity contribution in [1.29, 1.82) is 0 Å². The number of ketones is 1. The third kappa shape index (κ3) is 2.48. The molecular weight excluding hydrogens is 268 g/mol. The lowest BCUT2D eigenvalue weighted by Crippen LogP contribution is -2.32. The molecule has 108 valence electrons. The van der Waals surface area contributed by atoms with Crippen molar-refractivity contribution in [3.05, 3.63) is 35.4 Å². The molecule has 0 amide bonds. The minimum Gasteiger partial charge on any atom is -0.294 e. The highest BCUT2D eigenvalue weighted by Gasteiger charge is 2.42. The Morgan fingerprint density at radius 2 is 1.65 bits per heavy atom. The number of fused-ring (bicyclic) bond motifs is 2. The second-order valence-electron chi connectivity index (χ2n) is 6.46. The van der Waals surface area contributed by atoms with E-state index < -0.39 is 10.8 Å². The summed E-state index contributed by atoms with van der Waals surface area (Å²) in [6, 6.07) is 8.05. The van der Waals surface area contributed by atoms with E-state index in [2.05, 4.69) is 26.0 Å². The molecule has 2 nitrogen and oxygen atoms in total. The molecule has 0 aromatic heterocycles. The molecule has 3 rings (SSSR count). The molecule has 2 aliphatic heterocycles. The van der Waals surface area contributed by atoms with Crippen LogP contribution in [0.15, 0.2) is 24.3 Å². The molecule has 0 spiro atoms. The van der Waals surface area contributed by atoms with Crippen molar-refractivity contribution in [3.8, 4) is 0 Å². The molecule has 2 bridgehead atoms. The molecule has 2 unspecified atom stereocenters. The van der Waals surface area contributed by atoms with E-state index in [0.29, 0.717) is 5.92 Å². The molecule has 0 radical (unpaired) electrons. The predicted octanol–water partition coefficient (Wildman–Crippen LogP) is 3.68. The lowest BCUT2D eigenvalue weighted by atomic mass is 9.89. The van der Waals surface area contributed by atoms with Crippen molar-refractivity contribution >= 4 is 16.6 Å². The summed E-state index contributed by atoms with van der Waals surface area (Å²) in [5.41, 5.74) is 2.10. The highest BCUT2D eigenvalue weighted by molar-refractivity contribution is 7.86. The van der Waals surface area contributed by atoms with Crippen LogP contribution < -0.4 is 0 Å². The van der Waals surface area contributed by atoms with Crippen LogP contribution in [0.2, 0.25) is 0 Å². The fraction of sp³-hybridized carbons (Fsp3) is 0.588. The Morgan fingerprint density at radius 1 is 1.10 bits per heavy atom. The summed E-state index contributed by atoms with van der Waals surface area (Å²) in [4.78, 5) is 12.6. The van der Waals surface area contributed by atoms with Crippen LogP contribution in [0, 0.1) is 5.92 Å². The Balaban J connectivity index is 1.74. The molecule has 0 saturated carbocycles. The molecule has 0 aliphatic carbocycles. The van der Waals surface area contributed by atoms with Crippen molar-refractivity contribution in [2.45, 2.75) is 55.9 Å². The van der Waals surface area contributed by atoms with Crippen molar-refractivity contribution in [2.75, 3.05) is 0 Å². The Hall–Kier alpha value is -0.960. The fourth-order valence-corrected chi connectivity index (χ4v) is 5.64. The zero-order valence-electron chi connectivity index (χ0n) is 12.2. The standard InChI is InChI=1S/C17H22O2S/c1-11(2)12-3-5-13(6-4-12)17(18)14-9-15-7-8-16(10-14)20(15)19/h3-6,11,14-16H,7-10H2,1-2H3. The van der Waals surface area contributed by atoms with Gasteiger partial charge in [-0.1, -0.05) is 38.1 Å². The fourth-order valence-electron chi connectivity index (χ4n) is 3.51. The van der Waals surface area contributed by atoms with Gasteiger partial charge in [0.25, 0.3) is 0 Å². The van der Waals surface area contributed by atoms with Gasteiger partial charge in [0.05, 0.1) is 0 Å². The molecule has 2 heterocycles. The highest BCUT2D eigenvalue weighted by Crippen LogP contribution is 2.39. The predicted molar refractivity (Wildman–Crippen MR) is 82.5 cm³/mol.